The number of rotatable bonds is 7. The molecule has 0 bridgehead atoms. The third kappa shape index (κ3) is 4.04. The molecule has 18 heavy (non-hydrogen) atoms. The van der Waals surface area contributed by atoms with Crippen LogP contribution in [-0.4, -0.2) is 30.9 Å². The quantitative estimate of drug-likeness (QED) is 0.754. The van der Waals surface area contributed by atoms with Crippen LogP contribution in [0, 0.1) is 5.41 Å². The van der Waals surface area contributed by atoms with E-state index in [1.165, 1.54) is 0 Å². The Balaban J connectivity index is 2.46. The van der Waals surface area contributed by atoms with Crippen molar-refractivity contribution in [1.29, 1.82) is 0 Å². The number of carbonyl (C=O) groups excluding carboxylic acids is 1. The fourth-order valence-corrected chi connectivity index (χ4v) is 1.46. The minimum absolute atomic E-state index is 0.246. The molecule has 0 heterocycles. The number of aliphatic hydroxyl groups excluding tert-OH is 1. The van der Waals surface area contributed by atoms with Crippen LogP contribution in [0.25, 0.3) is 0 Å². The van der Waals surface area contributed by atoms with E-state index in [1.54, 1.807) is 13.8 Å². The van der Waals surface area contributed by atoms with Gasteiger partial charge in [0.15, 0.2) is 0 Å². The molecule has 0 unspecified atom stereocenters. The summed E-state index contributed by atoms with van der Waals surface area (Å²) < 4.78 is 10.5. The van der Waals surface area contributed by atoms with Gasteiger partial charge in [0.05, 0.1) is 25.2 Å². The number of ether oxygens (including phenoxy) is 2. The van der Waals surface area contributed by atoms with Crippen molar-refractivity contribution < 1.29 is 19.4 Å². The second-order valence-electron chi connectivity index (χ2n) is 4.35. The highest BCUT2D eigenvalue weighted by atomic mass is 16.5. The zero-order chi connectivity index (χ0) is 13.4. The van der Waals surface area contributed by atoms with Crippen molar-refractivity contribution in [2.45, 2.75) is 20.3 Å². The summed E-state index contributed by atoms with van der Waals surface area (Å²) in [6.07, 6.45) is 0.414. The second kappa shape index (κ2) is 7.01. The molecule has 0 aliphatic heterocycles. The number of hydrogen-bond donors (Lipinski definition) is 1. The minimum atomic E-state index is -0.898. The zero-order valence-electron chi connectivity index (χ0n) is 10.9. The number of hydrogen-bond acceptors (Lipinski definition) is 4. The average molecular weight is 252 g/mol. The van der Waals surface area contributed by atoms with Gasteiger partial charge >= 0.3 is 5.97 Å². The van der Waals surface area contributed by atoms with E-state index >= 15 is 0 Å². The van der Waals surface area contributed by atoms with Crippen LogP contribution in [0.4, 0.5) is 0 Å². The smallest absolute Gasteiger partial charge is 0.314 e. The van der Waals surface area contributed by atoms with Gasteiger partial charge in [-0.05, 0) is 32.4 Å². The van der Waals surface area contributed by atoms with Crippen molar-refractivity contribution >= 4 is 5.97 Å². The maximum atomic E-state index is 11.7. The summed E-state index contributed by atoms with van der Waals surface area (Å²) in [6.45, 7) is 3.85. The molecule has 1 N–H and O–H groups in total. The van der Waals surface area contributed by atoms with Gasteiger partial charge in [0.1, 0.15) is 5.75 Å². The normalized spacial score (nSPS) is 13.7. The summed E-state index contributed by atoms with van der Waals surface area (Å²) in [5.74, 6) is 0.366. The van der Waals surface area contributed by atoms with Crippen LogP contribution < -0.4 is 4.74 Å². The Labute approximate surface area is 108 Å². The maximum absolute atomic E-state index is 11.7. The number of aliphatic hydroxyl groups is 1. The van der Waals surface area contributed by atoms with Gasteiger partial charge in [-0.3, -0.25) is 4.79 Å². The Kier molecular flexibility index (Phi) is 5.65. The van der Waals surface area contributed by atoms with Crippen LogP contribution >= 0.6 is 0 Å². The van der Waals surface area contributed by atoms with Crippen LogP contribution in [0.2, 0.25) is 0 Å². The number of para-hydroxylation sites is 1. The van der Waals surface area contributed by atoms with E-state index in [1.807, 2.05) is 30.3 Å². The van der Waals surface area contributed by atoms with Crippen molar-refractivity contribution in [2.75, 3.05) is 19.8 Å². The standard InChI is InChI=1S/C14H20O4/c1-3-17-13(16)14(2,11-15)9-10-18-12-7-5-4-6-8-12/h4-8,15H,3,9-11H2,1-2H3/t14-/m0/s1. The lowest BCUT2D eigenvalue weighted by Gasteiger charge is -2.24. The predicted octanol–water partition coefficient (Wildman–Crippen LogP) is 2.02. The first-order chi connectivity index (χ1) is 8.62. The van der Waals surface area contributed by atoms with E-state index < -0.39 is 5.41 Å². The van der Waals surface area contributed by atoms with Gasteiger partial charge in [-0.15, -0.1) is 0 Å². The summed E-state index contributed by atoms with van der Waals surface area (Å²) in [7, 11) is 0. The first-order valence-electron chi connectivity index (χ1n) is 6.08. The molecule has 1 aromatic rings. The Bertz CT molecular complexity index is 363. The molecule has 0 saturated carbocycles. The molecule has 1 atom stereocenters. The van der Waals surface area contributed by atoms with Crippen molar-refractivity contribution in [3.05, 3.63) is 30.3 Å². The topological polar surface area (TPSA) is 55.8 Å². The molecule has 0 aliphatic carbocycles. The van der Waals surface area contributed by atoms with Crippen molar-refractivity contribution in [3.63, 3.8) is 0 Å². The van der Waals surface area contributed by atoms with Crippen LogP contribution in [0.3, 0.4) is 0 Å². The molecule has 0 aliphatic rings. The van der Waals surface area contributed by atoms with Gasteiger partial charge < -0.3 is 14.6 Å². The van der Waals surface area contributed by atoms with E-state index in [9.17, 15) is 9.90 Å². The summed E-state index contributed by atoms with van der Waals surface area (Å²) >= 11 is 0. The zero-order valence-corrected chi connectivity index (χ0v) is 10.9. The fourth-order valence-electron chi connectivity index (χ4n) is 1.46. The van der Waals surface area contributed by atoms with Crippen molar-refractivity contribution in [2.24, 2.45) is 5.41 Å². The van der Waals surface area contributed by atoms with Gasteiger partial charge in [0, 0.05) is 0 Å². The molecule has 1 aromatic carbocycles. The molecule has 100 valence electrons. The average Bonchev–Trinajstić information content (AvgIpc) is 2.40. The minimum Gasteiger partial charge on any atom is -0.494 e. The maximum Gasteiger partial charge on any atom is 0.314 e. The molecular weight excluding hydrogens is 232 g/mol. The molecule has 0 aromatic heterocycles. The van der Waals surface area contributed by atoms with Gasteiger partial charge in [-0.25, -0.2) is 0 Å². The lowest BCUT2D eigenvalue weighted by Crippen LogP contribution is -2.35. The lowest BCUT2D eigenvalue weighted by molar-refractivity contribution is -0.157. The van der Waals surface area contributed by atoms with E-state index in [4.69, 9.17) is 9.47 Å². The van der Waals surface area contributed by atoms with Crippen LogP contribution in [0.1, 0.15) is 20.3 Å². The molecule has 4 heteroatoms. The summed E-state index contributed by atoms with van der Waals surface area (Å²) in [4.78, 5) is 11.7. The first kappa shape index (κ1) is 14.5. The van der Waals surface area contributed by atoms with Gasteiger partial charge in [-0.2, -0.15) is 0 Å². The predicted molar refractivity (Wildman–Crippen MR) is 68.4 cm³/mol. The number of carbonyl (C=O) groups is 1. The Hall–Kier alpha value is -1.55. The summed E-state index contributed by atoms with van der Waals surface area (Å²) in [6, 6.07) is 9.36. The monoisotopic (exact) mass is 252 g/mol. The van der Waals surface area contributed by atoms with Crippen LogP contribution in [-0.2, 0) is 9.53 Å². The third-order valence-electron chi connectivity index (χ3n) is 2.78. The van der Waals surface area contributed by atoms with Gasteiger partial charge in [0.25, 0.3) is 0 Å². The fraction of sp³-hybridized carbons (Fsp3) is 0.500. The van der Waals surface area contributed by atoms with Crippen molar-refractivity contribution in [3.8, 4) is 5.75 Å². The molecule has 0 amide bonds. The molecule has 0 saturated heterocycles. The highest BCUT2D eigenvalue weighted by Crippen LogP contribution is 2.23. The van der Waals surface area contributed by atoms with Gasteiger partial charge in [-0.1, -0.05) is 18.2 Å². The van der Waals surface area contributed by atoms with Crippen molar-refractivity contribution in [1.82, 2.24) is 0 Å². The highest BCUT2D eigenvalue weighted by Gasteiger charge is 2.34. The lowest BCUT2D eigenvalue weighted by atomic mass is 9.88. The van der Waals surface area contributed by atoms with Gasteiger partial charge in [0.2, 0.25) is 0 Å². The molecule has 0 radical (unpaired) electrons. The van der Waals surface area contributed by atoms with Crippen LogP contribution in [0.5, 0.6) is 5.75 Å². The van der Waals surface area contributed by atoms with E-state index in [0.29, 0.717) is 19.6 Å². The summed E-state index contributed by atoms with van der Waals surface area (Å²) in [5, 5.41) is 9.32. The molecule has 4 nitrogen and oxygen atoms in total. The van der Waals surface area contributed by atoms with Crippen LogP contribution in [0.15, 0.2) is 30.3 Å². The number of esters is 1. The Morgan fingerprint density at radius 2 is 2.00 bits per heavy atom. The molecular formula is C14H20O4. The third-order valence-corrected chi connectivity index (χ3v) is 2.78. The Morgan fingerprint density at radius 3 is 2.56 bits per heavy atom. The Morgan fingerprint density at radius 1 is 1.33 bits per heavy atom. The molecule has 0 fully saturated rings. The number of benzene rings is 1. The van der Waals surface area contributed by atoms with E-state index in [-0.39, 0.29) is 12.6 Å². The molecule has 0 spiro atoms. The highest BCUT2D eigenvalue weighted by molar-refractivity contribution is 5.76. The molecule has 1 rings (SSSR count). The largest absolute Gasteiger partial charge is 0.494 e. The van der Waals surface area contributed by atoms with E-state index in [0.717, 1.165) is 5.75 Å². The second-order valence-corrected chi connectivity index (χ2v) is 4.35. The summed E-state index contributed by atoms with van der Waals surface area (Å²) in [5.41, 5.74) is -0.898. The van der Waals surface area contributed by atoms with E-state index in [2.05, 4.69) is 0 Å². The first-order valence-corrected chi connectivity index (χ1v) is 6.08. The SMILES string of the molecule is CCOC(=O)[C@](C)(CO)CCOc1ccccc1.